The van der Waals surface area contributed by atoms with Gasteiger partial charge in [-0.3, -0.25) is 0 Å². The number of methoxy groups -OCH3 is 2. The van der Waals surface area contributed by atoms with Crippen LogP contribution in [0.3, 0.4) is 0 Å². The fourth-order valence-corrected chi connectivity index (χ4v) is 18.7. The van der Waals surface area contributed by atoms with Crippen molar-refractivity contribution in [2.45, 2.75) is 86.9 Å². The van der Waals surface area contributed by atoms with E-state index in [-0.39, 0.29) is 140 Å². The largest absolute Gasteiger partial charge is 0.508 e. The van der Waals surface area contributed by atoms with Crippen molar-refractivity contribution in [3.05, 3.63) is 421 Å². The average molecular weight is 1780 g/mol. The van der Waals surface area contributed by atoms with E-state index in [1.165, 1.54) is 24.8 Å². The van der Waals surface area contributed by atoms with Crippen molar-refractivity contribution in [3.63, 3.8) is 0 Å². The van der Waals surface area contributed by atoms with Crippen molar-refractivity contribution in [2.75, 3.05) is 47.3 Å². The minimum Gasteiger partial charge on any atom is -0.508 e. The van der Waals surface area contributed by atoms with E-state index in [0.717, 1.165) is 106 Å². The number of benzene rings is 15. The first-order valence-electron chi connectivity index (χ1n) is 43.3. The Balaban J connectivity index is 0.000000120. The maximum atomic E-state index is 14.4. The maximum Gasteiger partial charge on any atom is 0.165 e. The van der Waals surface area contributed by atoms with Gasteiger partial charge in [-0.15, -0.1) is 0 Å². The van der Waals surface area contributed by atoms with Gasteiger partial charge in [0.25, 0.3) is 0 Å². The summed E-state index contributed by atoms with van der Waals surface area (Å²) in [7, 11) is 3.11. The molecular weight excluding hydrogens is 1680 g/mol. The van der Waals surface area contributed by atoms with Gasteiger partial charge in [-0.2, -0.15) is 0 Å². The molecule has 10 atom stereocenters. The molecule has 0 fully saturated rings. The molecule has 5 aliphatic heterocycles. The van der Waals surface area contributed by atoms with Gasteiger partial charge in [-0.1, -0.05) is 146 Å². The van der Waals surface area contributed by atoms with Gasteiger partial charge in [0.1, 0.15) is 109 Å². The van der Waals surface area contributed by atoms with Crippen LogP contribution in [0.25, 0.3) is 0 Å². The van der Waals surface area contributed by atoms with Crippen molar-refractivity contribution in [2.24, 2.45) is 0 Å². The fraction of sp³-hybridized carbons (Fsp3) is 0.189. The standard InChI is InChI=1S/C23H22O4.C22H19FO4.C22H19FO3.2C22H20O4/c1-14-11-16(5-10-21(14)26-2)23-19-9-8-18(25)12-22(19)27-13-20(23)15-3-6-17(24)7-4-15;1-26-20-9-4-14(10-19(20)23)22-17-8-7-16(25)11-21(17)27-12-18(22)13-2-5-15(24)6-3-13;1-13-10-15(4-9-20(13)23)22-18-8-7-17(25)11-21(18)26-12-19(22)14-2-5-16(24)6-3-14;1-13-20(25)11-10-18-21(15-4-8-17(24)9-5-15)19(12-26-22(13)18)14-2-6-16(23)7-3-14;1-13-10-15(4-9-20(13)25)22-18-8-7-17(24)11-21(18)26-12-19(22)14-2-5-16(23)6-3-14/h3-12,20,23-25H,13H2,1-2H3;2-11,18,22,24-25H,12H2,1H3;2-11,19,22,24-25H,12H2,1H3;2-11,19,21,23-25H,12H2,1H3;2-11,19,22-25H,12H2,1H3/t20-,23-;18-,22-;19-,22-;19-,21-;19-,22-/m11111/s1. The summed E-state index contributed by atoms with van der Waals surface area (Å²) in [4.78, 5) is 0. The van der Waals surface area contributed by atoms with Gasteiger partial charge in [-0.05, 0) is 233 Å². The van der Waals surface area contributed by atoms with Crippen LogP contribution in [0.4, 0.5) is 8.78 Å². The lowest BCUT2D eigenvalue weighted by atomic mass is 9.75. The molecule has 15 aromatic rings. The number of rotatable bonds is 12. The minimum atomic E-state index is -0.425. The number of hydrogen-bond donors (Lipinski definition) is 12. The molecule has 0 radical (unpaired) electrons. The van der Waals surface area contributed by atoms with Crippen LogP contribution in [0.2, 0.25) is 0 Å². The molecular formula is C111H100F2O19. The molecule has 0 saturated heterocycles. The van der Waals surface area contributed by atoms with Crippen molar-refractivity contribution < 1.29 is 103 Å². The zero-order chi connectivity index (χ0) is 92.7. The second-order valence-electron chi connectivity index (χ2n) is 33.7. The van der Waals surface area contributed by atoms with Crippen LogP contribution in [0.1, 0.15) is 165 Å². The minimum absolute atomic E-state index is 0.0116. The van der Waals surface area contributed by atoms with E-state index in [9.17, 15) is 70.1 Å². The predicted molar refractivity (Wildman–Crippen MR) is 499 cm³/mol. The first-order valence-corrected chi connectivity index (χ1v) is 43.3. The van der Waals surface area contributed by atoms with E-state index in [1.54, 1.807) is 154 Å². The molecule has 0 aromatic heterocycles. The number of hydrogen-bond acceptors (Lipinski definition) is 19. The number of aryl methyl sites for hydroxylation is 3. The number of halogens is 2. The highest BCUT2D eigenvalue weighted by Gasteiger charge is 2.40. The van der Waals surface area contributed by atoms with Crippen LogP contribution in [-0.2, 0) is 0 Å². The summed E-state index contributed by atoms with van der Waals surface area (Å²) in [6.07, 6.45) is 0. The Labute approximate surface area is 763 Å². The van der Waals surface area contributed by atoms with E-state index in [0.29, 0.717) is 61.6 Å². The van der Waals surface area contributed by atoms with Crippen molar-refractivity contribution in [3.8, 4) is 109 Å². The highest BCUT2D eigenvalue weighted by Crippen LogP contribution is 2.55. The molecule has 19 nitrogen and oxygen atoms in total. The third kappa shape index (κ3) is 19.5. The monoisotopic (exact) mass is 1770 g/mol. The Kier molecular flexibility index (Phi) is 26.6. The topological polar surface area (TPSA) is 307 Å². The number of ether oxygens (including phenoxy) is 7. The van der Waals surface area contributed by atoms with Crippen LogP contribution >= 0.6 is 0 Å². The highest BCUT2D eigenvalue weighted by atomic mass is 19.1. The summed E-state index contributed by atoms with van der Waals surface area (Å²) >= 11 is 0. The van der Waals surface area contributed by atoms with E-state index < -0.39 is 5.82 Å². The summed E-state index contributed by atoms with van der Waals surface area (Å²) in [5.74, 6) is 6.25. The van der Waals surface area contributed by atoms with Gasteiger partial charge >= 0.3 is 0 Å². The Bertz CT molecular complexity index is 6230. The van der Waals surface area contributed by atoms with Gasteiger partial charge in [0.05, 0.1) is 47.3 Å². The van der Waals surface area contributed by atoms with Gasteiger partial charge in [-0.25, -0.2) is 8.78 Å². The van der Waals surface area contributed by atoms with E-state index in [4.69, 9.17) is 33.2 Å². The van der Waals surface area contributed by atoms with Crippen LogP contribution in [0.15, 0.2) is 303 Å². The van der Waals surface area contributed by atoms with Crippen LogP contribution in [0, 0.1) is 39.3 Å². The lowest BCUT2D eigenvalue weighted by molar-refractivity contribution is 0.245. The first-order chi connectivity index (χ1) is 63.7. The summed E-state index contributed by atoms with van der Waals surface area (Å²) in [5, 5.41) is 117. The van der Waals surface area contributed by atoms with Crippen LogP contribution < -0.4 is 33.2 Å². The Morgan fingerprint density at radius 1 is 0.227 bits per heavy atom. The lowest BCUT2D eigenvalue weighted by Crippen LogP contribution is -2.25. The Morgan fingerprint density at radius 3 is 0.803 bits per heavy atom. The average Bonchev–Trinajstić information content (AvgIpc) is 0.773. The normalized spacial score (nSPS) is 18.7. The van der Waals surface area contributed by atoms with Gasteiger partial charge in [0.15, 0.2) is 11.6 Å². The molecule has 0 amide bonds. The predicted octanol–water partition coefficient (Wildman–Crippen LogP) is 23.0. The summed E-state index contributed by atoms with van der Waals surface area (Å²) < 4.78 is 68.4. The third-order valence-corrected chi connectivity index (χ3v) is 25.5. The molecule has 0 saturated carbocycles. The molecule has 0 bridgehead atoms. The number of fused-ring (bicyclic) bond motifs is 5. The van der Waals surface area contributed by atoms with E-state index in [1.807, 2.05) is 160 Å². The van der Waals surface area contributed by atoms with Gasteiger partial charge in [0.2, 0.25) is 0 Å². The smallest absolute Gasteiger partial charge is 0.165 e. The zero-order valence-electron chi connectivity index (χ0n) is 73.2. The number of phenolic OH excluding ortho intramolecular Hbond substituents is 12. The summed E-state index contributed by atoms with van der Waals surface area (Å²) in [6, 6.07) is 89.2. The SMILES string of the molecule is COc1ccc([C@@H]2c3ccc(O)cc3OC[C@@H]2c2ccc(O)cc2)cc1C.COc1ccc([C@@H]2c3ccc(O)cc3OC[C@@H]2c2ccc(O)cc2)cc1F.Cc1c(O)ccc2c1OC[C@H](c1ccc(O)cc1)[C@@H]2c1ccc(O)cc1.Cc1cc([C@@H]2c3ccc(O)cc3OC[C@@H]2c2ccc(O)cc2)ccc1F.Cc1cc([C@@H]2c3ccc(O)cc3OC[C@@H]2c2ccc(O)cc2)ccc1O. The number of aromatic hydroxyl groups is 12. The van der Waals surface area contributed by atoms with Gasteiger partial charge in [0, 0.05) is 117 Å². The quantitative estimate of drug-likeness (QED) is 0.0541. The van der Waals surface area contributed by atoms with Crippen LogP contribution in [0.5, 0.6) is 109 Å². The first kappa shape index (κ1) is 89.7. The van der Waals surface area contributed by atoms with E-state index in [2.05, 4.69) is 12.1 Å². The molecule has 132 heavy (non-hydrogen) atoms. The Hall–Kier alpha value is -15.6. The summed E-state index contributed by atoms with van der Waals surface area (Å²) in [6.45, 7) is 9.76. The number of phenols is 12. The van der Waals surface area contributed by atoms with Crippen LogP contribution in [-0.4, -0.2) is 109 Å². The molecule has 672 valence electrons. The maximum absolute atomic E-state index is 14.4. The van der Waals surface area contributed by atoms with Crippen molar-refractivity contribution in [1.82, 2.24) is 0 Å². The molecule has 5 heterocycles. The van der Waals surface area contributed by atoms with Gasteiger partial charge < -0.3 is 94.4 Å². The molecule has 0 unspecified atom stereocenters. The lowest BCUT2D eigenvalue weighted by Gasteiger charge is -2.35. The van der Waals surface area contributed by atoms with Crippen molar-refractivity contribution in [1.29, 1.82) is 0 Å². The van der Waals surface area contributed by atoms with Crippen molar-refractivity contribution >= 4 is 0 Å². The molecule has 20 rings (SSSR count). The molecule has 15 aromatic carbocycles. The molecule has 5 aliphatic rings. The Morgan fingerprint density at radius 2 is 0.485 bits per heavy atom. The molecule has 12 N–H and O–H groups in total. The highest BCUT2D eigenvalue weighted by molar-refractivity contribution is 5.60. The molecule has 0 aliphatic carbocycles. The summed E-state index contributed by atoms with van der Waals surface area (Å²) in [5.41, 5.74) is 18.5. The van der Waals surface area contributed by atoms with E-state index >= 15 is 0 Å². The second kappa shape index (κ2) is 39.1. The second-order valence-corrected chi connectivity index (χ2v) is 33.7. The molecule has 21 heteroatoms. The zero-order valence-corrected chi connectivity index (χ0v) is 73.2. The third-order valence-electron chi connectivity index (χ3n) is 25.5. The fourth-order valence-electron chi connectivity index (χ4n) is 18.7. The molecule has 0 spiro atoms.